The normalized spacial score (nSPS) is 19.5. The first-order chi connectivity index (χ1) is 9.76. The van der Waals surface area contributed by atoms with E-state index in [0.29, 0.717) is 11.4 Å². The molecule has 1 atom stereocenters. The van der Waals surface area contributed by atoms with E-state index in [9.17, 15) is 4.79 Å². The number of aromatic nitrogens is 1. The fraction of sp³-hybridized carbons (Fsp3) is 0.625. The van der Waals surface area contributed by atoms with Crippen molar-refractivity contribution < 1.29 is 9.53 Å². The number of pyridine rings is 1. The van der Waals surface area contributed by atoms with Gasteiger partial charge in [-0.25, -0.2) is 4.98 Å². The Bertz CT molecular complexity index is 448. The maximum atomic E-state index is 12.6. The molecule has 0 aromatic carbocycles. The van der Waals surface area contributed by atoms with E-state index in [1.54, 1.807) is 25.4 Å². The lowest BCUT2D eigenvalue weighted by Crippen LogP contribution is -2.32. The fourth-order valence-corrected chi connectivity index (χ4v) is 2.95. The Kier molecular flexibility index (Phi) is 5.39. The third-order valence-electron chi connectivity index (χ3n) is 4.03. The molecule has 0 aliphatic carbocycles. The second-order valence-corrected chi connectivity index (χ2v) is 5.44. The van der Waals surface area contributed by atoms with Crippen molar-refractivity contribution in [3.63, 3.8) is 0 Å². The van der Waals surface area contributed by atoms with Gasteiger partial charge in [-0.2, -0.15) is 0 Å². The monoisotopic (exact) mass is 276 g/mol. The molecule has 1 amide bonds. The number of nitrogens with zero attached hydrogens (tertiary/aromatic N) is 2. The van der Waals surface area contributed by atoms with Crippen LogP contribution in [0.5, 0.6) is 5.88 Å². The van der Waals surface area contributed by atoms with Gasteiger partial charge in [-0.05, 0) is 37.3 Å². The number of rotatable bonds is 4. The molecule has 1 aromatic heterocycles. The summed E-state index contributed by atoms with van der Waals surface area (Å²) < 4.78 is 5.19. The van der Waals surface area contributed by atoms with Gasteiger partial charge < -0.3 is 9.64 Å². The number of hydrogen-bond donors (Lipinski definition) is 0. The topological polar surface area (TPSA) is 42.4 Å². The molecule has 1 saturated heterocycles. The van der Waals surface area contributed by atoms with Crippen molar-refractivity contribution in [3.05, 3.63) is 23.9 Å². The minimum atomic E-state index is 0.0482. The van der Waals surface area contributed by atoms with Gasteiger partial charge in [0.1, 0.15) is 5.56 Å². The van der Waals surface area contributed by atoms with Gasteiger partial charge in [0.2, 0.25) is 5.88 Å². The molecule has 0 N–H and O–H groups in total. The first-order valence-electron chi connectivity index (χ1n) is 7.54. The molecule has 110 valence electrons. The minimum absolute atomic E-state index is 0.0482. The van der Waals surface area contributed by atoms with Crippen molar-refractivity contribution in [1.82, 2.24) is 9.88 Å². The standard InChI is InChI=1S/C16H24N2O2/c1-3-6-13-7-5-11-18(12-9-13)16(19)14-8-4-10-17-15(14)20-2/h4,8,10,13H,3,5-7,9,11-12H2,1-2H3/t13-/m0/s1. The molecule has 1 aliphatic rings. The summed E-state index contributed by atoms with van der Waals surface area (Å²) in [5, 5.41) is 0. The van der Waals surface area contributed by atoms with Gasteiger partial charge in [-0.15, -0.1) is 0 Å². The SMILES string of the molecule is CCC[C@H]1CCCN(C(=O)c2cccnc2OC)CC1. The van der Waals surface area contributed by atoms with Crippen LogP contribution in [0.3, 0.4) is 0 Å². The summed E-state index contributed by atoms with van der Waals surface area (Å²) in [7, 11) is 1.55. The summed E-state index contributed by atoms with van der Waals surface area (Å²) in [5.74, 6) is 1.24. The quantitative estimate of drug-likeness (QED) is 0.848. The van der Waals surface area contributed by atoms with Crippen molar-refractivity contribution in [2.75, 3.05) is 20.2 Å². The van der Waals surface area contributed by atoms with E-state index in [0.717, 1.165) is 31.8 Å². The van der Waals surface area contributed by atoms with Crippen molar-refractivity contribution in [2.24, 2.45) is 5.92 Å². The summed E-state index contributed by atoms with van der Waals surface area (Å²) in [6, 6.07) is 3.58. The third kappa shape index (κ3) is 3.50. The molecular formula is C16H24N2O2. The van der Waals surface area contributed by atoms with Crippen molar-refractivity contribution in [1.29, 1.82) is 0 Å². The molecule has 2 heterocycles. The molecule has 1 aliphatic heterocycles. The van der Waals surface area contributed by atoms with E-state index >= 15 is 0 Å². The molecule has 20 heavy (non-hydrogen) atoms. The summed E-state index contributed by atoms with van der Waals surface area (Å²) in [6.07, 6.45) is 7.60. The molecule has 0 unspecified atom stereocenters. The lowest BCUT2D eigenvalue weighted by Gasteiger charge is -2.21. The Morgan fingerprint density at radius 2 is 2.30 bits per heavy atom. The zero-order valence-corrected chi connectivity index (χ0v) is 12.5. The van der Waals surface area contributed by atoms with Crippen LogP contribution in [0.25, 0.3) is 0 Å². The Morgan fingerprint density at radius 1 is 1.45 bits per heavy atom. The highest BCUT2D eigenvalue weighted by Gasteiger charge is 2.23. The van der Waals surface area contributed by atoms with Crippen molar-refractivity contribution >= 4 is 5.91 Å². The second kappa shape index (κ2) is 7.27. The molecule has 0 bridgehead atoms. The van der Waals surface area contributed by atoms with Gasteiger partial charge in [-0.3, -0.25) is 4.79 Å². The van der Waals surface area contributed by atoms with E-state index < -0.39 is 0 Å². The lowest BCUT2D eigenvalue weighted by molar-refractivity contribution is 0.0755. The van der Waals surface area contributed by atoms with Crippen LogP contribution >= 0.6 is 0 Å². The number of likely N-dealkylation sites (tertiary alicyclic amines) is 1. The molecular weight excluding hydrogens is 252 g/mol. The fourth-order valence-electron chi connectivity index (χ4n) is 2.95. The van der Waals surface area contributed by atoms with E-state index in [1.165, 1.54) is 19.3 Å². The van der Waals surface area contributed by atoms with Gasteiger partial charge in [0.25, 0.3) is 5.91 Å². The molecule has 0 radical (unpaired) electrons. The summed E-state index contributed by atoms with van der Waals surface area (Å²) in [4.78, 5) is 18.7. The first kappa shape index (κ1) is 14.8. The molecule has 0 spiro atoms. The van der Waals surface area contributed by atoms with E-state index in [4.69, 9.17) is 4.74 Å². The number of amides is 1. The Morgan fingerprint density at radius 3 is 3.05 bits per heavy atom. The van der Waals surface area contributed by atoms with E-state index in [1.807, 2.05) is 4.90 Å². The smallest absolute Gasteiger partial charge is 0.259 e. The number of hydrogen-bond acceptors (Lipinski definition) is 3. The molecule has 1 fully saturated rings. The van der Waals surface area contributed by atoms with Crippen LogP contribution in [0.15, 0.2) is 18.3 Å². The van der Waals surface area contributed by atoms with Crippen LogP contribution in [-0.4, -0.2) is 36.0 Å². The average molecular weight is 276 g/mol. The third-order valence-corrected chi connectivity index (χ3v) is 4.03. The molecule has 1 aromatic rings. The van der Waals surface area contributed by atoms with E-state index in [-0.39, 0.29) is 5.91 Å². The van der Waals surface area contributed by atoms with Crippen molar-refractivity contribution in [2.45, 2.75) is 39.0 Å². The van der Waals surface area contributed by atoms with Crippen LogP contribution in [0.4, 0.5) is 0 Å². The highest BCUT2D eigenvalue weighted by atomic mass is 16.5. The molecule has 2 rings (SSSR count). The van der Waals surface area contributed by atoms with Crippen molar-refractivity contribution in [3.8, 4) is 5.88 Å². The predicted octanol–water partition coefficient (Wildman–Crippen LogP) is 3.13. The number of carbonyl (C=O) groups excluding carboxylic acids is 1. The second-order valence-electron chi connectivity index (χ2n) is 5.44. The summed E-state index contributed by atoms with van der Waals surface area (Å²) >= 11 is 0. The first-order valence-corrected chi connectivity index (χ1v) is 7.54. The minimum Gasteiger partial charge on any atom is -0.480 e. The van der Waals surface area contributed by atoms with Crippen LogP contribution in [0.1, 0.15) is 49.4 Å². The number of methoxy groups -OCH3 is 1. The highest BCUT2D eigenvalue weighted by molar-refractivity contribution is 5.96. The molecule has 0 saturated carbocycles. The summed E-state index contributed by atoms with van der Waals surface area (Å²) in [6.45, 7) is 3.92. The Balaban J connectivity index is 2.05. The van der Waals surface area contributed by atoms with Crippen LogP contribution in [0.2, 0.25) is 0 Å². The van der Waals surface area contributed by atoms with Crippen LogP contribution in [0, 0.1) is 5.92 Å². The van der Waals surface area contributed by atoms with Crippen LogP contribution in [-0.2, 0) is 0 Å². The van der Waals surface area contributed by atoms with Gasteiger partial charge in [-0.1, -0.05) is 19.8 Å². The lowest BCUT2D eigenvalue weighted by atomic mass is 9.96. The van der Waals surface area contributed by atoms with Crippen LogP contribution < -0.4 is 4.74 Å². The Hall–Kier alpha value is -1.58. The number of ether oxygens (including phenoxy) is 1. The molecule has 4 heteroatoms. The van der Waals surface area contributed by atoms with Gasteiger partial charge in [0, 0.05) is 19.3 Å². The highest BCUT2D eigenvalue weighted by Crippen LogP contribution is 2.24. The predicted molar refractivity (Wildman–Crippen MR) is 78.9 cm³/mol. The zero-order valence-electron chi connectivity index (χ0n) is 12.5. The largest absolute Gasteiger partial charge is 0.480 e. The van der Waals surface area contributed by atoms with Gasteiger partial charge in [0.15, 0.2) is 0 Å². The average Bonchev–Trinajstić information content (AvgIpc) is 2.72. The van der Waals surface area contributed by atoms with E-state index in [2.05, 4.69) is 11.9 Å². The van der Waals surface area contributed by atoms with Gasteiger partial charge >= 0.3 is 0 Å². The maximum Gasteiger partial charge on any atom is 0.259 e. The Labute approximate surface area is 121 Å². The van der Waals surface area contributed by atoms with Gasteiger partial charge in [0.05, 0.1) is 7.11 Å². The summed E-state index contributed by atoms with van der Waals surface area (Å²) in [5.41, 5.74) is 0.573. The maximum absolute atomic E-state index is 12.6. The number of carbonyl (C=O) groups is 1. The molecule has 4 nitrogen and oxygen atoms in total. The zero-order chi connectivity index (χ0) is 14.4.